The Morgan fingerprint density at radius 1 is 1.47 bits per heavy atom. The normalized spacial score (nSPS) is 17.8. The molecular weight excluding hydrogens is 221 g/mol. The largest absolute Gasteiger partial charge is 0.508 e. The number of hydrogen-bond donors (Lipinski definition) is 2. The number of rotatable bonds is 5. The van der Waals surface area contributed by atoms with Crippen LogP contribution in [-0.2, 0) is 11.3 Å². The summed E-state index contributed by atoms with van der Waals surface area (Å²) in [4.78, 5) is 0. The molecule has 17 heavy (non-hydrogen) atoms. The van der Waals surface area contributed by atoms with E-state index in [1.54, 1.807) is 7.11 Å². The molecule has 0 spiro atoms. The van der Waals surface area contributed by atoms with E-state index in [4.69, 9.17) is 4.74 Å². The van der Waals surface area contributed by atoms with Gasteiger partial charge in [0, 0.05) is 25.8 Å². The minimum Gasteiger partial charge on any atom is -0.508 e. The molecule has 0 amide bonds. The third kappa shape index (κ3) is 2.76. The van der Waals surface area contributed by atoms with Crippen LogP contribution < -0.4 is 5.32 Å². The van der Waals surface area contributed by atoms with Crippen molar-refractivity contribution in [1.82, 2.24) is 5.32 Å². The molecule has 0 aliphatic heterocycles. The summed E-state index contributed by atoms with van der Waals surface area (Å²) in [6.45, 7) is 1.19. The first-order valence-electron chi connectivity index (χ1n) is 5.88. The summed E-state index contributed by atoms with van der Waals surface area (Å²) < 4.78 is 18.5. The highest BCUT2D eigenvalue weighted by atomic mass is 19.1. The van der Waals surface area contributed by atoms with E-state index in [0.717, 1.165) is 19.4 Å². The van der Waals surface area contributed by atoms with Crippen LogP contribution in [0.3, 0.4) is 0 Å². The Balaban J connectivity index is 1.87. The van der Waals surface area contributed by atoms with Crippen molar-refractivity contribution >= 4 is 0 Å². The van der Waals surface area contributed by atoms with E-state index in [1.807, 2.05) is 0 Å². The van der Waals surface area contributed by atoms with Crippen LogP contribution in [-0.4, -0.2) is 24.4 Å². The van der Waals surface area contributed by atoms with Gasteiger partial charge in [-0.1, -0.05) is 0 Å². The lowest BCUT2D eigenvalue weighted by Gasteiger charge is -2.40. The highest BCUT2D eigenvalue weighted by molar-refractivity contribution is 5.32. The van der Waals surface area contributed by atoms with Crippen LogP contribution in [0.4, 0.5) is 4.39 Å². The smallest absolute Gasteiger partial charge is 0.123 e. The van der Waals surface area contributed by atoms with E-state index < -0.39 is 0 Å². The molecule has 1 aromatic carbocycles. The second kappa shape index (κ2) is 5.02. The number of phenolic OH excluding ortho intramolecular Hbond substituents is 1. The zero-order valence-electron chi connectivity index (χ0n) is 10.0. The molecule has 1 fully saturated rings. The van der Waals surface area contributed by atoms with Gasteiger partial charge in [0.05, 0.1) is 5.60 Å². The lowest BCUT2D eigenvalue weighted by atomic mass is 9.80. The van der Waals surface area contributed by atoms with Crippen LogP contribution in [0, 0.1) is 5.82 Å². The molecule has 1 aliphatic rings. The van der Waals surface area contributed by atoms with Gasteiger partial charge in [0.2, 0.25) is 0 Å². The summed E-state index contributed by atoms with van der Waals surface area (Å²) in [6.07, 6.45) is 3.32. The Morgan fingerprint density at radius 2 is 2.24 bits per heavy atom. The van der Waals surface area contributed by atoms with Crippen LogP contribution in [0.1, 0.15) is 24.8 Å². The molecule has 1 saturated carbocycles. The van der Waals surface area contributed by atoms with Crippen LogP contribution in [0.15, 0.2) is 18.2 Å². The van der Waals surface area contributed by atoms with Gasteiger partial charge < -0.3 is 15.2 Å². The fourth-order valence-corrected chi connectivity index (χ4v) is 2.14. The molecular formula is C13H18FNO2. The zero-order chi connectivity index (χ0) is 12.3. The van der Waals surface area contributed by atoms with Crippen molar-refractivity contribution in [2.45, 2.75) is 31.4 Å². The van der Waals surface area contributed by atoms with Gasteiger partial charge in [-0.3, -0.25) is 0 Å². The number of methoxy groups -OCH3 is 1. The first-order chi connectivity index (χ1) is 8.15. The fraction of sp³-hybridized carbons (Fsp3) is 0.538. The summed E-state index contributed by atoms with van der Waals surface area (Å²) in [5.41, 5.74) is 0.527. The summed E-state index contributed by atoms with van der Waals surface area (Å²) in [5, 5.41) is 12.8. The Kier molecular flexibility index (Phi) is 3.64. The predicted molar refractivity (Wildman–Crippen MR) is 63.4 cm³/mol. The number of halogens is 1. The second-order valence-corrected chi connectivity index (χ2v) is 4.62. The van der Waals surface area contributed by atoms with E-state index in [2.05, 4.69) is 5.32 Å². The quantitative estimate of drug-likeness (QED) is 0.827. The van der Waals surface area contributed by atoms with E-state index in [9.17, 15) is 9.50 Å². The number of benzene rings is 1. The van der Waals surface area contributed by atoms with Crippen molar-refractivity contribution in [3.63, 3.8) is 0 Å². The SMILES string of the molecule is COC1(CNCc2cc(F)ccc2O)CCC1. The van der Waals surface area contributed by atoms with Crippen molar-refractivity contribution in [3.05, 3.63) is 29.6 Å². The van der Waals surface area contributed by atoms with Crippen molar-refractivity contribution in [2.75, 3.05) is 13.7 Å². The number of nitrogens with one attached hydrogen (secondary N) is 1. The van der Waals surface area contributed by atoms with Crippen molar-refractivity contribution in [1.29, 1.82) is 0 Å². The van der Waals surface area contributed by atoms with E-state index in [-0.39, 0.29) is 17.2 Å². The molecule has 0 bridgehead atoms. The fourth-order valence-electron chi connectivity index (χ4n) is 2.14. The first kappa shape index (κ1) is 12.3. The lowest BCUT2D eigenvalue weighted by molar-refractivity contribution is -0.0695. The van der Waals surface area contributed by atoms with E-state index in [0.29, 0.717) is 12.1 Å². The molecule has 0 atom stereocenters. The molecule has 3 nitrogen and oxygen atoms in total. The molecule has 1 aliphatic carbocycles. The van der Waals surface area contributed by atoms with E-state index in [1.165, 1.54) is 24.6 Å². The van der Waals surface area contributed by atoms with Crippen LogP contribution in [0.2, 0.25) is 0 Å². The van der Waals surface area contributed by atoms with Gasteiger partial charge in [-0.15, -0.1) is 0 Å². The molecule has 94 valence electrons. The topological polar surface area (TPSA) is 41.5 Å². The van der Waals surface area contributed by atoms with Gasteiger partial charge in [0.25, 0.3) is 0 Å². The lowest BCUT2D eigenvalue weighted by Crippen LogP contribution is -2.47. The predicted octanol–water partition coefficient (Wildman–Crippen LogP) is 2.19. The maximum atomic E-state index is 13.0. The molecule has 0 aromatic heterocycles. The molecule has 4 heteroatoms. The maximum absolute atomic E-state index is 13.0. The Hall–Kier alpha value is -1.13. The summed E-state index contributed by atoms with van der Waals surface area (Å²) >= 11 is 0. The highest BCUT2D eigenvalue weighted by Gasteiger charge is 2.36. The molecule has 0 unspecified atom stereocenters. The average Bonchev–Trinajstić information content (AvgIpc) is 2.27. The number of ether oxygens (including phenoxy) is 1. The van der Waals surface area contributed by atoms with Gasteiger partial charge in [0.1, 0.15) is 11.6 Å². The molecule has 0 saturated heterocycles. The van der Waals surface area contributed by atoms with Gasteiger partial charge in [-0.2, -0.15) is 0 Å². The van der Waals surface area contributed by atoms with Crippen molar-refractivity contribution < 1.29 is 14.2 Å². The summed E-state index contributed by atoms with van der Waals surface area (Å²) in [5.74, 6) is -0.205. The second-order valence-electron chi connectivity index (χ2n) is 4.62. The molecule has 2 N–H and O–H groups in total. The summed E-state index contributed by atoms with van der Waals surface area (Å²) in [7, 11) is 1.72. The average molecular weight is 239 g/mol. The maximum Gasteiger partial charge on any atom is 0.123 e. The van der Waals surface area contributed by atoms with Crippen molar-refractivity contribution in [2.24, 2.45) is 0 Å². The molecule has 0 radical (unpaired) electrons. The number of aromatic hydroxyl groups is 1. The molecule has 1 aromatic rings. The highest BCUT2D eigenvalue weighted by Crippen LogP contribution is 2.34. The Morgan fingerprint density at radius 3 is 2.82 bits per heavy atom. The molecule has 2 rings (SSSR count). The Labute approximate surface area is 101 Å². The van der Waals surface area contributed by atoms with Gasteiger partial charge in [-0.05, 0) is 37.5 Å². The molecule has 0 heterocycles. The van der Waals surface area contributed by atoms with Crippen LogP contribution in [0.25, 0.3) is 0 Å². The standard InChI is InChI=1S/C13H18FNO2/c1-17-13(5-2-6-13)9-15-8-10-7-11(14)3-4-12(10)16/h3-4,7,15-16H,2,5-6,8-9H2,1H3. The summed E-state index contributed by atoms with van der Waals surface area (Å²) in [6, 6.07) is 3.98. The monoisotopic (exact) mass is 239 g/mol. The van der Waals surface area contributed by atoms with Gasteiger partial charge in [0.15, 0.2) is 0 Å². The van der Waals surface area contributed by atoms with Gasteiger partial charge >= 0.3 is 0 Å². The van der Waals surface area contributed by atoms with Crippen molar-refractivity contribution in [3.8, 4) is 5.75 Å². The minimum absolute atomic E-state index is 0.0526. The van der Waals surface area contributed by atoms with E-state index >= 15 is 0 Å². The van der Waals surface area contributed by atoms with Gasteiger partial charge in [-0.25, -0.2) is 4.39 Å². The number of phenols is 1. The minimum atomic E-state index is -0.329. The first-order valence-corrected chi connectivity index (χ1v) is 5.88. The number of hydrogen-bond acceptors (Lipinski definition) is 3. The third-order valence-electron chi connectivity index (χ3n) is 3.50. The van der Waals surface area contributed by atoms with Crippen LogP contribution in [0.5, 0.6) is 5.75 Å². The Bertz CT molecular complexity index is 385. The van der Waals surface area contributed by atoms with Crippen LogP contribution >= 0.6 is 0 Å². The zero-order valence-corrected chi connectivity index (χ0v) is 10.0. The third-order valence-corrected chi connectivity index (χ3v) is 3.50.